The largest absolute Gasteiger partial charge is 0.416 e. The molecule has 20 heavy (non-hydrogen) atoms. The van der Waals surface area contributed by atoms with E-state index >= 15 is 0 Å². The fraction of sp³-hybridized carbons (Fsp3) is 0.625. The van der Waals surface area contributed by atoms with Crippen LogP contribution < -0.4 is 0 Å². The molecule has 0 radical (unpaired) electrons. The zero-order valence-corrected chi connectivity index (χ0v) is 12.3. The number of alkyl halides is 3. The fourth-order valence-electron chi connectivity index (χ4n) is 2.64. The Hall–Kier alpha value is -1.03. The summed E-state index contributed by atoms with van der Waals surface area (Å²) < 4.78 is 37.9. The van der Waals surface area contributed by atoms with Gasteiger partial charge in [-0.2, -0.15) is 13.2 Å². The lowest BCUT2D eigenvalue weighted by atomic mass is 9.86. The number of aryl methyl sites for hydroxylation is 1. The average molecular weight is 288 g/mol. The maximum absolute atomic E-state index is 12.6. The minimum absolute atomic E-state index is 0.112. The zero-order valence-electron chi connectivity index (χ0n) is 12.3. The van der Waals surface area contributed by atoms with E-state index < -0.39 is 17.8 Å². The lowest BCUT2D eigenvalue weighted by molar-refractivity contribution is -0.137. The Kier molecular flexibility index (Phi) is 6.06. The van der Waals surface area contributed by atoms with E-state index in [0.717, 1.165) is 37.8 Å². The molecule has 0 aromatic heterocycles. The van der Waals surface area contributed by atoms with E-state index in [-0.39, 0.29) is 5.92 Å². The summed E-state index contributed by atoms with van der Waals surface area (Å²) in [7, 11) is 0. The van der Waals surface area contributed by atoms with E-state index in [0.29, 0.717) is 11.1 Å². The molecule has 1 aromatic rings. The van der Waals surface area contributed by atoms with Gasteiger partial charge in [-0.3, -0.25) is 0 Å². The highest BCUT2D eigenvalue weighted by Gasteiger charge is 2.31. The van der Waals surface area contributed by atoms with Crippen LogP contribution >= 0.6 is 0 Å². The van der Waals surface area contributed by atoms with Gasteiger partial charge in [0.25, 0.3) is 0 Å². The van der Waals surface area contributed by atoms with Gasteiger partial charge in [0.15, 0.2) is 0 Å². The first-order chi connectivity index (χ1) is 9.31. The van der Waals surface area contributed by atoms with Crippen molar-refractivity contribution in [2.24, 2.45) is 5.92 Å². The summed E-state index contributed by atoms with van der Waals surface area (Å²) in [6, 6.07) is 3.59. The number of aliphatic hydroxyl groups excluding tert-OH is 1. The quantitative estimate of drug-likeness (QED) is 0.756. The minimum Gasteiger partial charge on any atom is -0.388 e. The van der Waals surface area contributed by atoms with Gasteiger partial charge in [0.05, 0.1) is 11.7 Å². The van der Waals surface area contributed by atoms with Gasteiger partial charge in [0.2, 0.25) is 0 Å². The Labute approximate surface area is 118 Å². The third-order valence-corrected chi connectivity index (χ3v) is 3.68. The summed E-state index contributed by atoms with van der Waals surface area (Å²) in [6.45, 7) is 5.73. The molecule has 114 valence electrons. The van der Waals surface area contributed by atoms with Gasteiger partial charge in [0.1, 0.15) is 0 Å². The highest BCUT2D eigenvalue weighted by atomic mass is 19.4. The highest BCUT2D eigenvalue weighted by Crippen LogP contribution is 2.35. The maximum Gasteiger partial charge on any atom is 0.416 e. The predicted octanol–water partition coefficient (Wildman–Crippen LogP) is 5.26. The standard InChI is InChI=1S/C16H23F3O/c1-4-6-12(7-5-2)15(20)14-9-8-13(10-11(14)3)16(17,18)19/h8-10,12,15,20H,4-7H2,1-3H3. The van der Waals surface area contributed by atoms with Gasteiger partial charge in [-0.15, -0.1) is 0 Å². The summed E-state index contributed by atoms with van der Waals surface area (Å²) in [5.74, 6) is 0.112. The van der Waals surface area contributed by atoms with E-state index in [9.17, 15) is 18.3 Å². The number of benzene rings is 1. The molecule has 0 fully saturated rings. The lowest BCUT2D eigenvalue weighted by Gasteiger charge is -2.24. The molecule has 1 nitrogen and oxygen atoms in total. The summed E-state index contributed by atoms with van der Waals surface area (Å²) >= 11 is 0. The number of aliphatic hydroxyl groups is 1. The summed E-state index contributed by atoms with van der Waals surface area (Å²) in [4.78, 5) is 0. The van der Waals surface area contributed by atoms with Crippen LogP contribution in [0.5, 0.6) is 0 Å². The Morgan fingerprint density at radius 2 is 1.65 bits per heavy atom. The van der Waals surface area contributed by atoms with Crippen LogP contribution in [-0.4, -0.2) is 5.11 Å². The van der Waals surface area contributed by atoms with Gasteiger partial charge in [-0.05, 0) is 48.9 Å². The smallest absolute Gasteiger partial charge is 0.388 e. The van der Waals surface area contributed by atoms with Crippen molar-refractivity contribution in [2.45, 2.75) is 58.7 Å². The van der Waals surface area contributed by atoms with Crippen molar-refractivity contribution in [3.8, 4) is 0 Å². The van der Waals surface area contributed by atoms with Crippen molar-refractivity contribution in [1.29, 1.82) is 0 Å². The van der Waals surface area contributed by atoms with Crippen molar-refractivity contribution in [3.63, 3.8) is 0 Å². The molecule has 0 aliphatic carbocycles. The first-order valence-corrected chi connectivity index (χ1v) is 7.17. The second kappa shape index (κ2) is 7.11. The lowest BCUT2D eigenvalue weighted by Crippen LogP contribution is -2.15. The molecule has 0 heterocycles. The Morgan fingerprint density at radius 1 is 1.10 bits per heavy atom. The van der Waals surface area contributed by atoms with Crippen LogP contribution in [0.25, 0.3) is 0 Å². The van der Waals surface area contributed by atoms with Gasteiger partial charge in [-0.25, -0.2) is 0 Å². The van der Waals surface area contributed by atoms with Gasteiger partial charge >= 0.3 is 6.18 Å². The van der Waals surface area contributed by atoms with Crippen LogP contribution in [0.4, 0.5) is 13.2 Å². The van der Waals surface area contributed by atoms with E-state index in [2.05, 4.69) is 13.8 Å². The molecule has 1 atom stereocenters. The van der Waals surface area contributed by atoms with Crippen LogP contribution in [0.3, 0.4) is 0 Å². The predicted molar refractivity (Wildman–Crippen MR) is 74.4 cm³/mol. The molecule has 1 unspecified atom stereocenters. The van der Waals surface area contributed by atoms with E-state index in [1.807, 2.05) is 0 Å². The maximum atomic E-state index is 12.6. The Bertz CT molecular complexity index is 420. The Balaban J connectivity index is 3.00. The van der Waals surface area contributed by atoms with Crippen molar-refractivity contribution >= 4 is 0 Å². The molecule has 1 aromatic carbocycles. The molecule has 1 rings (SSSR count). The van der Waals surface area contributed by atoms with Crippen LogP contribution in [0.2, 0.25) is 0 Å². The van der Waals surface area contributed by atoms with Gasteiger partial charge in [0, 0.05) is 0 Å². The number of rotatable bonds is 6. The monoisotopic (exact) mass is 288 g/mol. The average Bonchev–Trinajstić information content (AvgIpc) is 2.36. The van der Waals surface area contributed by atoms with Crippen LogP contribution in [0.15, 0.2) is 18.2 Å². The minimum atomic E-state index is -4.33. The number of hydrogen-bond donors (Lipinski definition) is 1. The summed E-state index contributed by atoms with van der Waals surface area (Å²) in [5.41, 5.74) is 0.461. The molecule has 4 heteroatoms. The first kappa shape index (κ1) is 17.0. The van der Waals surface area contributed by atoms with Crippen LogP contribution in [0.1, 0.15) is 62.3 Å². The van der Waals surface area contributed by atoms with E-state index in [1.165, 1.54) is 6.07 Å². The first-order valence-electron chi connectivity index (χ1n) is 7.17. The van der Waals surface area contributed by atoms with Crippen molar-refractivity contribution in [3.05, 3.63) is 34.9 Å². The normalized spacial score (nSPS) is 13.8. The van der Waals surface area contributed by atoms with Gasteiger partial charge in [-0.1, -0.05) is 32.8 Å². The SMILES string of the molecule is CCCC(CCC)C(O)c1ccc(C(F)(F)F)cc1C. The number of halogens is 3. The molecular formula is C16H23F3O. The molecular weight excluding hydrogens is 265 g/mol. The second-order valence-electron chi connectivity index (χ2n) is 5.35. The van der Waals surface area contributed by atoms with Crippen molar-refractivity contribution in [1.82, 2.24) is 0 Å². The summed E-state index contributed by atoms with van der Waals surface area (Å²) in [5, 5.41) is 10.4. The van der Waals surface area contributed by atoms with E-state index in [4.69, 9.17) is 0 Å². The topological polar surface area (TPSA) is 20.2 Å². The second-order valence-corrected chi connectivity index (χ2v) is 5.35. The molecule has 0 aliphatic heterocycles. The van der Waals surface area contributed by atoms with Crippen LogP contribution in [-0.2, 0) is 6.18 Å². The fourth-order valence-corrected chi connectivity index (χ4v) is 2.64. The zero-order chi connectivity index (χ0) is 15.3. The molecule has 0 saturated carbocycles. The highest BCUT2D eigenvalue weighted by molar-refractivity contribution is 5.34. The summed E-state index contributed by atoms with van der Waals surface area (Å²) in [6.07, 6.45) is -1.33. The van der Waals surface area contributed by atoms with Crippen molar-refractivity contribution < 1.29 is 18.3 Å². The molecule has 0 aliphatic rings. The van der Waals surface area contributed by atoms with Gasteiger partial charge < -0.3 is 5.11 Å². The molecule has 0 saturated heterocycles. The van der Waals surface area contributed by atoms with Crippen LogP contribution in [0, 0.1) is 12.8 Å². The van der Waals surface area contributed by atoms with Crippen molar-refractivity contribution in [2.75, 3.05) is 0 Å². The molecule has 0 bridgehead atoms. The third kappa shape index (κ3) is 4.23. The van der Waals surface area contributed by atoms with E-state index in [1.54, 1.807) is 6.92 Å². The molecule has 0 spiro atoms. The molecule has 1 N–H and O–H groups in total. The number of hydrogen-bond acceptors (Lipinski definition) is 1. The molecule has 0 amide bonds. The third-order valence-electron chi connectivity index (χ3n) is 3.68. The Morgan fingerprint density at radius 3 is 2.05 bits per heavy atom.